The molecule has 33 heavy (non-hydrogen) atoms. The molecule has 0 saturated carbocycles. The summed E-state index contributed by atoms with van der Waals surface area (Å²) < 4.78 is 0.773. The molecule has 10 nitrogen and oxygen atoms in total. The molecule has 0 bridgehead atoms. The number of hydrogen-bond acceptors (Lipinski definition) is 5. The highest BCUT2D eigenvalue weighted by Crippen LogP contribution is 2.30. The van der Waals surface area contributed by atoms with E-state index < -0.39 is 23.8 Å². The largest absolute Gasteiger partial charge is 0.481 e. The SMILES string of the molecule is CC(C)(C)c1cc(Br)cc(C(CC(=O)O)NC(=O)CNC(=O)c2cncc(NC(=N)N)c2)c1. The zero-order chi connectivity index (χ0) is 24.8. The number of nitrogens with zero attached hydrogens (tertiary/aromatic N) is 1. The van der Waals surface area contributed by atoms with Crippen molar-refractivity contribution >= 4 is 45.4 Å². The van der Waals surface area contributed by atoms with E-state index in [9.17, 15) is 19.5 Å². The first-order valence-electron chi connectivity index (χ1n) is 10.0. The van der Waals surface area contributed by atoms with Gasteiger partial charge in [-0.3, -0.25) is 24.8 Å². The second-order valence-electron chi connectivity index (χ2n) is 8.42. The van der Waals surface area contributed by atoms with Crippen molar-refractivity contribution in [3.05, 3.63) is 57.8 Å². The predicted molar refractivity (Wildman–Crippen MR) is 128 cm³/mol. The fourth-order valence-corrected chi connectivity index (χ4v) is 3.48. The summed E-state index contributed by atoms with van der Waals surface area (Å²) in [6.07, 6.45) is 2.38. The zero-order valence-electron chi connectivity index (χ0n) is 18.5. The van der Waals surface area contributed by atoms with Crippen LogP contribution in [-0.2, 0) is 15.0 Å². The summed E-state index contributed by atoms with van der Waals surface area (Å²) in [7, 11) is 0. The first-order valence-corrected chi connectivity index (χ1v) is 10.8. The average molecular weight is 519 g/mol. The van der Waals surface area contributed by atoms with E-state index in [1.165, 1.54) is 18.5 Å². The lowest BCUT2D eigenvalue weighted by molar-refractivity contribution is -0.137. The van der Waals surface area contributed by atoms with Crippen molar-refractivity contribution in [1.82, 2.24) is 15.6 Å². The van der Waals surface area contributed by atoms with Crippen molar-refractivity contribution in [1.29, 1.82) is 5.41 Å². The Morgan fingerprint density at radius 2 is 1.88 bits per heavy atom. The van der Waals surface area contributed by atoms with Gasteiger partial charge in [-0.05, 0) is 34.7 Å². The second kappa shape index (κ2) is 10.9. The third-order valence-electron chi connectivity index (χ3n) is 4.59. The van der Waals surface area contributed by atoms with Gasteiger partial charge < -0.3 is 26.8 Å². The van der Waals surface area contributed by atoms with Gasteiger partial charge in [-0.1, -0.05) is 42.8 Å². The fourth-order valence-electron chi connectivity index (χ4n) is 2.97. The van der Waals surface area contributed by atoms with Crippen LogP contribution in [0.3, 0.4) is 0 Å². The monoisotopic (exact) mass is 518 g/mol. The quantitative estimate of drug-likeness (QED) is 0.230. The Hall–Kier alpha value is -3.47. The summed E-state index contributed by atoms with van der Waals surface area (Å²) in [6.45, 7) is 5.75. The molecule has 1 atom stereocenters. The molecule has 0 aliphatic rings. The number of nitrogens with one attached hydrogen (secondary N) is 4. The average Bonchev–Trinajstić information content (AvgIpc) is 2.69. The molecule has 11 heteroatoms. The summed E-state index contributed by atoms with van der Waals surface area (Å²) in [5.74, 6) is -2.47. The molecule has 2 aromatic rings. The third-order valence-corrected chi connectivity index (χ3v) is 5.05. The molecule has 1 aromatic heterocycles. The van der Waals surface area contributed by atoms with Crippen LogP contribution in [0.15, 0.2) is 41.1 Å². The van der Waals surface area contributed by atoms with E-state index in [4.69, 9.17) is 11.1 Å². The van der Waals surface area contributed by atoms with Crippen LogP contribution in [0.5, 0.6) is 0 Å². The van der Waals surface area contributed by atoms with Crippen molar-refractivity contribution in [2.75, 3.05) is 11.9 Å². The number of guanidine groups is 1. The van der Waals surface area contributed by atoms with Gasteiger partial charge in [0, 0.05) is 10.7 Å². The van der Waals surface area contributed by atoms with Crippen molar-refractivity contribution in [2.24, 2.45) is 5.73 Å². The van der Waals surface area contributed by atoms with Crippen molar-refractivity contribution in [3.63, 3.8) is 0 Å². The van der Waals surface area contributed by atoms with E-state index in [1.54, 1.807) is 6.07 Å². The van der Waals surface area contributed by atoms with Crippen molar-refractivity contribution in [3.8, 4) is 0 Å². The number of anilines is 1. The Morgan fingerprint density at radius 3 is 2.48 bits per heavy atom. The molecule has 1 unspecified atom stereocenters. The Morgan fingerprint density at radius 1 is 1.18 bits per heavy atom. The van der Waals surface area contributed by atoms with Crippen LogP contribution in [0.1, 0.15) is 54.7 Å². The molecular formula is C22H27BrN6O4. The maximum absolute atomic E-state index is 12.5. The highest BCUT2D eigenvalue weighted by molar-refractivity contribution is 9.10. The molecule has 1 heterocycles. The van der Waals surface area contributed by atoms with Gasteiger partial charge in [0.15, 0.2) is 5.96 Å². The van der Waals surface area contributed by atoms with Crippen LogP contribution in [0, 0.1) is 5.41 Å². The topological polar surface area (TPSA) is 170 Å². The van der Waals surface area contributed by atoms with E-state index >= 15 is 0 Å². The zero-order valence-corrected chi connectivity index (χ0v) is 20.1. The lowest BCUT2D eigenvalue weighted by Gasteiger charge is -2.24. The number of nitrogens with two attached hydrogens (primary N) is 1. The van der Waals surface area contributed by atoms with Gasteiger partial charge in [0.1, 0.15) is 0 Å². The van der Waals surface area contributed by atoms with E-state index in [-0.39, 0.29) is 29.9 Å². The molecule has 0 saturated heterocycles. The Kier molecular flexibility index (Phi) is 8.52. The number of carboxylic acid groups (broad SMARTS) is 1. The third kappa shape index (κ3) is 8.19. The lowest BCUT2D eigenvalue weighted by atomic mass is 9.85. The van der Waals surface area contributed by atoms with Crippen LogP contribution in [-0.4, -0.2) is 40.4 Å². The molecule has 2 amide bonds. The summed E-state index contributed by atoms with van der Waals surface area (Å²) in [5, 5.41) is 24.3. The molecule has 2 rings (SSSR count). The van der Waals surface area contributed by atoms with Crippen molar-refractivity contribution in [2.45, 2.75) is 38.6 Å². The molecule has 0 radical (unpaired) electrons. The number of rotatable bonds is 8. The number of benzene rings is 1. The molecule has 0 spiro atoms. The van der Waals surface area contributed by atoms with Crippen LogP contribution < -0.4 is 21.7 Å². The molecule has 0 aliphatic heterocycles. The van der Waals surface area contributed by atoms with Gasteiger partial charge in [-0.25, -0.2) is 0 Å². The maximum Gasteiger partial charge on any atom is 0.305 e. The highest BCUT2D eigenvalue weighted by atomic mass is 79.9. The van der Waals surface area contributed by atoms with Crippen LogP contribution in [0.25, 0.3) is 0 Å². The molecular weight excluding hydrogens is 492 g/mol. The Balaban J connectivity index is 2.11. The molecule has 0 aliphatic carbocycles. The standard InChI is InChI=1S/C22H27BrN6O4/c1-22(2,3)14-4-12(5-15(23)7-14)17(8-19(31)32)29-18(30)11-27-20(33)13-6-16(10-26-9-13)28-21(24)25/h4-7,9-10,17H,8,11H2,1-3H3,(H,27,33)(H,29,30)(H,31,32)(H4,24,25,28). The first kappa shape index (κ1) is 25.8. The highest BCUT2D eigenvalue weighted by Gasteiger charge is 2.22. The van der Waals surface area contributed by atoms with E-state index in [1.807, 2.05) is 32.9 Å². The number of halogens is 1. The minimum Gasteiger partial charge on any atom is -0.481 e. The van der Waals surface area contributed by atoms with Gasteiger partial charge in [0.25, 0.3) is 5.91 Å². The lowest BCUT2D eigenvalue weighted by Crippen LogP contribution is -2.39. The Bertz CT molecular complexity index is 1070. The fraction of sp³-hybridized carbons (Fsp3) is 0.318. The number of carbonyl (C=O) groups is 3. The number of carbonyl (C=O) groups excluding carboxylic acids is 2. The van der Waals surface area contributed by atoms with Crippen LogP contribution in [0.2, 0.25) is 0 Å². The number of carboxylic acids is 1. The molecule has 0 fully saturated rings. The number of pyridine rings is 1. The van der Waals surface area contributed by atoms with Crippen LogP contribution in [0.4, 0.5) is 5.69 Å². The van der Waals surface area contributed by atoms with Crippen LogP contribution >= 0.6 is 15.9 Å². The molecule has 7 N–H and O–H groups in total. The number of amides is 2. The number of hydrogen-bond donors (Lipinski definition) is 6. The Labute approximate surface area is 200 Å². The van der Waals surface area contributed by atoms with Gasteiger partial charge >= 0.3 is 5.97 Å². The number of aromatic nitrogens is 1. The van der Waals surface area contributed by atoms with E-state index in [0.717, 1.165) is 10.0 Å². The predicted octanol–water partition coefficient (Wildman–Crippen LogP) is 2.51. The number of aliphatic carboxylic acids is 1. The molecule has 1 aromatic carbocycles. The minimum absolute atomic E-state index is 0.165. The van der Waals surface area contributed by atoms with Gasteiger partial charge in [0.05, 0.1) is 36.5 Å². The van der Waals surface area contributed by atoms with Gasteiger partial charge in [-0.15, -0.1) is 0 Å². The summed E-state index contributed by atoms with van der Waals surface area (Å²) >= 11 is 3.45. The molecule has 176 valence electrons. The maximum atomic E-state index is 12.5. The summed E-state index contributed by atoms with van der Waals surface area (Å²) in [6, 6.07) is 6.24. The smallest absolute Gasteiger partial charge is 0.305 e. The van der Waals surface area contributed by atoms with Gasteiger partial charge in [0.2, 0.25) is 5.91 Å². The van der Waals surface area contributed by atoms with E-state index in [0.29, 0.717) is 11.3 Å². The second-order valence-corrected chi connectivity index (χ2v) is 9.34. The normalized spacial score (nSPS) is 11.9. The van der Waals surface area contributed by atoms with Gasteiger partial charge in [-0.2, -0.15) is 0 Å². The minimum atomic E-state index is -1.07. The summed E-state index contributed by atoms with van der Waals surface area (Å²) in [5.41, 5.74) is 7.23. The van der Waals surface area contributed by atoms with Crippen molar-refractivity contribution < 1.29 is 19.5 Å². The first-order chi connectivity index (χ1) is 15.3. The van der Waals surface area contributed by atoms with E-state index in [2.05, 4.69) is 36.9 Å². The summed E-state index contributed by atoms with van der Waals surface area (Å²) in [4.78, 5) is 40.2.